The lowest BCUT2D eigenvalue weighted by Crippen LogP contribution is -1.99. The molecular weight excluding hydrogens is 244 g/mol. The van der Waals surface area contributed by atoms with E-state index < -0.39 is 0 Å². The van der Waals surface area contributed by atoms with E-state index in [9.17, 15) is 0 Å². The van der Waals surface area contributed by atoms with Crippen molar-refractivity contribution in [3.8, 4) is 17.0 Å². The van der Waals surface area contributed by atoms with Crippen molar-refractivity contribution in [2.45, 2.75) is 20.8 Å². The van der Waals surface area contributed by atoms with Gasteiger partial charge in [-0.15, -0.1) is 0 Å². The predicted molar refractivity (Wildman–Crippen MR) is 75.5 cm³/mol. The molecule has 1 aromatic heterocycles. The number of hydrogen-bond acceptors (Lipinski definition) is 3. The molecule has 0 aliphatic heterocycles. The fourth-order valence-electron chi connectivity index (χ4n) is 1.83. The SMILES string of the molecule is CCOc1ccccc1-c1n[nH]c(=S)c(C)c1C. The smallest absolute Gasteiger partial charge is 0.128 e. The Hall–Kier alpha value is -1.68. The summed E-state index contributed by atoms with van der Waals surface area (Å²) in [5.74, 6) is 0.848. The first-order chi connectivity index (χ1) is 8.65. The molecule has 3 nitrogen and oxygen atoms in total. The highest BCUT2D eigenvalue weighted by Gasteiger charge is 2.11. The Balaban J connectivity index is 2.62. The van der Waals surface area contributed by atoms with Gasteiger partial charge in [0.1, 0.15) is 10.4 Å². The summed E-state index contributed by atoms with van der Waals surface area (Å²) in [6.45, 7) is 6.64. The van der Waals surface area contributed by atoms with Crippen LogP contribution in [-0.4, -0.2) is 16.8 Å². The molecule has 0 aliphatic carbocycles. The van der Waals surface area contributed by atoms with Crippen LogP contribution in [-0.2, 0) is 0 Å². The van der Waals surface area contributed by atoms with Crippen LogP contribution in [0.25, 0.3) is 11.3 Å². The van der Waals surface area contributed by atoms with Gasteiger partial charge in [0.05, 0.1) is 12.3 Å². The highest BCUT2D eigenvalue weighted by Crippen LogP contribution is 2.31. The third kappa shape index (κ3) is 2.29. The Morgan fingerprint density at radius 2 is 1.94 bits per heavy atom. The molecule has 0 radical (unpaired) electrons. The Bertz CT molecular complexity index is 619. The van der Waals surface area contributed by atoms with E-state index in [4.69, 9.17) is 17.0 Å². The zero-order valence-corrected chi connectivity index (χ0v) is 11.6. The summed E-state index contributed by atoms with van der Waals surface area (Å²) in [5, 5.41) is 7.23. The second-order valence-electron chi connectivity index (χ2n) is 4.08. The highest BCUT2D eigenvalue weighted by atomic mass is 32.1. The normalized spacial score (nSPS) is 10.4. The van der Waals surface area contributed by atoms with Gasteiger partial charge in [0.25, 0.3) is 0 Å². The lowest BCUT2D eigenvalue weighted by atomic mass is 10.0. The van der Waals surface area contributed by atoms with Crippen molar-refractivity contribution in [2.24, 2.45) is 0 Å². The van der Waals surface area contributed by atoms with E-state index in [1.54, 1.807) is 0 Å². The molecule has 0 amide bonds. The van der Waals surface area contributed by atoms with Crippen LogP contribution < -0.4 is 4.74 Å². The van der Waals surface area contributed by atoms with Gasteiger partial charge in [0, 0.05) is 5.56 Å². The molecule has 94 valence electrons. The van der Waals surface area contributed by atoms with Gasteiger partial charge >= 0.3 is 0 Å². The number of rotatable bonds is 3. The predicted octanol–water partition coefficient (Wildman–Crippen LogP) is 3.82. The Morgan fingerprint density at radius 3 is 2.67 bits per heavy atom. The largest absolute Gasteiger partial charge is 0.493 e. The fraction of sp³-hybridized carbons (Fsp3) is 0.286. The average molecular weight is 260 g/mol. The fourth-order valence-corrected chi connectivity index (χ4v) is 2.03. The van der Waals surface area contributed by atoms with E-state index in [2.05, 4.69) is 10.2 Å². The van der Waals surface area contributed by atoms with Crippen LogP contribution in [0.1, 0.15) is 18.1 Å². The van der Waals surface area contributed by atoms with Crippen LogP contribution in [0.4, 0.5) is 0 Å². The van der Waals surface area contributed by atoms with Crippen LogP contribution in [0.5, 0.6) is 5.75 Å². The van der Waals surface area contributed by atoms with Gasteiger partial charge in [-0.3, -0.25) is 5.10 Å². The van der Waals surface area contributed by atoms with E-state index in [0.29, 0.717) is 11.2 Å². The van der Waals surface area contributed by atoms with E-state index in [-0.39, 0.29) is 0 Å². The topological polar surface area (TPSA) is 37.9 Å². The maximum absolute atomic E-state index is 5.64. The van der Waals surface area contributed by atoms with Gasteiger partial charge in [-0.1, -0.05) is 24.4 Å². The Kier molecular flexibility index (Phi) is 3.77. The van der Waals surface area contributed by atoms with Gasteiger partial charge in [0.2, 0.25) is 0 Å². The summed E-state index contributed by atoms with van der Waals surface area (Å²) < 4.78 is 6.32. The zero-order chi connectivity index (χ0) is 13.1. The van der Waals surface area contributed by atoms with Crippen LogP contribution in [0.3, 0.4) is 0 Å². The minimum atomic E-state index is 0.637. The van der Waals surface area contributed by atoms with Crippen molar-refractivity contribution in [3.05, 3.63) is 40.0 Å². The van der Waals surface area contributed by atoms with Crippen molar-refractivity contribution in [3.63, 3.8) is 0 Å². The summed E-state index contributed by atoms with van der Waals surface area (Å²) in [7, 11) is 0. The molecule has 0 fully saturated rings. The van der Waals surface area contributed by atoms with Gasteiger partial charge in [0.15, 0.2) is 0 Å². The molecule has 0 bridgehead atoms. The summed E-state index contributed by atoms with van der Waals surface area (Å²) >= 11 is 5.19. The third-order valence-electron chi connectivity index (χ3n) is 2.97. The highest BCUT2D eigenvalue weighted by molar-refractivity contribution is 7.71. The summed E-state index contributed by atoms with van der Waals surface area (Å²) in [5.41, 5.74) is 4.03. The number of aromatic nitrogens is 2. The van der Waals surface area contributed by atoms with E-state index in [0.717, 1.165) is 28.1 Å². The molecule has 2 aromatic rings. The van der Waals surface area contributed by atoms with Gasteiger partial charge in [-0.05, 0) is 44.0 Å². The summed E-state index contributed by atoms with van der Waals surface area (Å²) in [4.78, 5) is 0. The molecule has 0 saturated carbocycles. The molecule has 18 heavy (non-hydrogen) atoms. The molecule has 1 aromatic carbocycles. The second-order valence-corrected chi connectivity index (χ2v) is 4.49. The van der Waals surface area contributed by atoms with E-state index >= 15 is 0 Å². The molecule has 2 rings (SSSR count). The number of hydrogen-bond donors (Lipinski definition) is 1. The number of para-hydroxylation sites is 1. The lowest BCUT2D eigenvalue weighted by molar-refractivity contribution is 0.341. The Morgan fingerprint density at radius 1 is 1.22 bits per heavy atom. The molecule has 0 unspecified atom stereocenters. The van der Waals surface area contributed by atoms with Crippen molar-refractivity contribution in [1.29, 1.82) is 0 Å². The first-order valence-electron chi connectivity index (χ1n) is 5.93. The number of benzene rings is 1. The Labute approximate surface area is 112 Å². The van der Waals surface area contributed by atoms with Crippen molar-refractivity contribution in [1.82, 2.24) is 10.2 Å². The van der Waals surface area contributed by atoms with E-state index in [1.807, 2.05) is 45.0 Å². The van der Waals surface area contributed by atoms with Gasteiger partial charge in [-0.2, -0.15) is 5.10 Å². The molecule has 0 saturated heterocycles. The van der Waals surface area contributed by atoms with Gasteiger partial charge in [-0.25, -0.2) is 0 Å². The quantitative estimate of drug-likeness (QED) is 0.852. The summed E-state index contributed by atoms with van der Waals surface area (Å²) in [6, 6.07) is 7.91. The standard InChI is InChI=1S/C14H16N2OS/c1-4-17-12-8-6-5-7-11(12)13-9(2)10(3)14(18)16-15-13/h5-8H,4H2,1-3H3,(H,16,18). The number of nitrogens with one attached hydrogen (secondary N) is 1. The minimum Gasteiger partial charge on any atom is -0.493 e. The maximum atomic E-state index is 5.64. The van der Waals surface area contributed by atoms with Gasteiger partial charge < -0.3 is 4.74 Å². The minimum absolute atomic E-state index is 0.637. The van der Waals surface area contributed by atoms with Crippen LogP contribution in [0.15, 0.2) is 24.3 Å². The molecular formula is C14H16N2OS. The second kappa shape index (κ2) is 5.31. The zero-order valence-electron chi connectivity index (χ0n) is 10.8. The first-order valence-corrected chi connectivity index (χ1v) is 6.34. The monoisotopic (exact) mass is 260 g/mol. The molecule has 1 heterocycles. The van der Waals surface area contributed by atoms with Crippen molar-refractivity contribution < 1.29 is 4.74 Å². The number of H-pyrrole nitrogens is 1. The molecule has 0 atom stereocenters. The van der Waals surface area contributed by atoms with Crippen LogP contribution >= 0.6 is 12.2 Å². The van der Waals surface area contributed by atoms with Crippen LogP contribution in [0.2, 0.25) is 0 Å². The van der Waals surface area contributed by atoms with Crippen molar-refractivity contribution >= 4 is 12.2 Å². The molecule has 1 N–H and O–H groups in total. The maximum Gasteiger partial charge on any atom is 0.128 e. The molecule has 0 aliphatic rings. The van der Waals surface area contributed by atoms with E-state index in [1.165, 1.54) is 0 Å². The number of ether oxygens (including phenoxy) is 1. The lowest BCUT2D eigenvalue weighted by Gasteiger charge is -2.12. The number of nitrogens with zero attached hydrogens (tertiary/aromatic N) is 1. The van der Waals surface area contributed by atoms with Crippen molar-refractivity contribution in [2.75, 3.05) is 6.61 Å². The summed E-state index contributed by atoms with van der Waals surface area (Å²) in [6.07, 6.45) is 0. The number of aromatic amines is 1. The van der Waals surface area contributed by atoms with Crippen LogP contribution in [0, 0.1) is 18.5 Å². The molecule has 0 spiro atoms. The molecule has 4 heteroatoms. The first kappa shape index (κ1) is 12.8. The average Bonchev–Trinajstić information content (AvgIpc) is 2.38. The third-order valence-corrected chi connectivity index (χ3v) is 3.37.